The molecule has 0 bridgehead atoms. The van der Waals surface area contributed by atoms with E-state index in [1.165, 1.54) is 32.1 Å². The van der Waals surface area contributed by atoms with Crippen LogP contribution in [0.25, 0.3) is 0 Å². The summed E-state index contributed by atoms with van der Waals surface area (Å²) in [5.74, 6) is 1.54. The highest BCUT2D eigenvalue weighted by atomic mass is 16.4. The van der Waals surface area contributed by atoms with Crippen LogP contribution in [0.4, 0.5) is 6.01 Å². The lowest BCUT2D eigenvalue weighted by molar-refractivity contribution is 0.455. The van der Waals surface area contributed by atoms with E-state index < -0.39 is 0 Å². The fourth-order valence-electron chi connectivity index (χ4n) is 2.37. The van der Waals surface area contributed by atoms with E-state index in [0.29, 0.717) is 24.5 Å². The van der Waals surface area contributed by atoms with Gasteiger partial charge in [-0.05, 0) is 12.3 Å². The molecule has 0 saturated heterocycles. The van der Waals surface area contributed by atoms with Gasteiger partial charge in [-0.2, -0.15) is 0 Å². The molecule has 1 saturated carbocycles. The van der Waals surface area contributed by atoms with E-state index in [-0.39, 0.29) is 0 Å². The summed E-state index contributed by atoms with van der Waals surface area (Å²) in [6, 6.07) is 0.976. The van der Waals surface area contributed by atoms with Gasteiger partial charge in [0.2, 0.25) is 5.89 Å². The summed E-state index contributed by atoms with van der Waals surface area (Å²) in [4.78, 5) is 0. The molecule has 1 aliphatic carbocycles. The van der Waals surface area contributed by atoms with Crippen LogP contribution in [-0.2, 0) is 6.54 Å². The van der Waals surface area contributed by atoms with Gasteiger partial charge in [0, 0.05) is 12.6 Å². The molecule has 1 aliphatic rings. The van der Waals surface area contributed by atoms with Crippen LogP contribution < -0.4 is 10.6 Å². The van der Waals surface area contributed by atoms with E-state index in [4.69, 9.17) is 4.42 Å². The molecule has 5 nitrogen and oxygen atoms in total. The van der Waals surface area contributed by atoms with Gasteiger partial charge in [-0.1, -0.05) is 44.6 Å². The quantitative estimate of drug-likeness (QED) is 0.781. The minimum atomic E-state index is 0.427. The van der Waals surface area contributed by atoms with E-state index in [1.54, 1.807) is 0 Å². The standard InChI is InChI=1S/C13H24N4O/c1-10(2)15-9-12-16-17-13(18-12)14-8-7-11-5-3-4-6-11/h10-11,15H,3-9H2,1-2H3,(H,14,17). The van der Waals surface area contributed by atoms with E-state index in [1.807, 2.05) is 0 Å². The van der Waals surface area contributed by atoms with Crippen molar-refractivity contribution < 1.29 is 4.42 Å². The average molecular weight is 252 g/mol. The molecular weight excluding hydrogens is 228 g/mol. The number of rotatable bonds is 7. The first kappa shape index (κ1) is 13.3. The molecule has 2 rings (SSSR count). The molecular formula is C13H24N4O. The van der Waals surface area contributed by atoms with Gasteiger partial charge in [0.1, 0.15) is 0 Å². The van der Waals surface area contributed by atoms with Crippen LogP contribution in [0.2, 0.25) is 0 Å². The number of nitrogens with one attached hydrogen (secondary N) is 2. The van der Waals surface area contributed by atoms with Gasteiger partial charge in [-0.25, -0.2) is 0 Å². The smallest absolute Gasteiger partial charge is 0.315 e. The number of anilines is 1. The molecule has 0 amide bonds. The second-order valence-electron chi connectivity index (χ2n) is 5.40. The Bertz CT molecular complexity index is 345. The van der Waals surface area contributed by atoms with Crippen molar-refractivity contribution in [3.05, 3.63) is 5.89 Å². The molecule has 2 N–H and O–H groups in total. The minimum Gasteiger partial charge on any atom is -0.407 e. The van der Waals surface area contributed by atoms with Gasteiger partial charge in [0.05, 0.1) is 6.54 Å². The SMILES string of the molecule is CC(C)NCc1nnc(NCCC2CCCC2)o1. The van der Waals surface area contributed by atoms with Crippen LogP contribution in [0.15, 0.2) is 4.42 Å². The molecule has 102 valence electrons. The summed E-state index contributed by atoms with van der Waals surface area (Å²) in [7, 11) is 0. The zero-order chi connectivity index (χ0) is 12.8. The van der Waals surface area contributed by atoms with Crippen molar-refractivity contribution in [2.75, 3.05) is 11.9 Å². The van der Waals surface area contributed by atoms with Gasteiger partial charge in [-0.3, -0.25) is 0 Å². The van der Waals surface area contributed by atoms with Crippen molar-refractivity contribution in [3.63, 3.8) is 0 Å². The third-order valence-electron chi connectivity index (χ3n) is 3.43. The lowest BCUT2D eigenvalue weighted by atomic mass is 10.0. The van der Waals surface area contributed by atoms with Crippen LogP contribution in [0.3, 0.4) is 0 Å². The Morgan fingerprint density at radius 2 is 2.06 bits per heavy atom. The van der Waals surface area contributed by atoms with Crippen LogP contribution >= 0.6 is 0 Å². The van der Waals surface area contributed by atoms with E-state index in [2.05, 4.69) is 34.7 Å². The zero-order valence-electron chi connectivity index (χ0n) is 11.4. The Morgan fingerprint density at radius 3 is 2.78 bits per heavy atom. The van der Waals surface area contributed by atoms with Gasteiger partial charge < -0.3 is 15.1 Å². The lowest BCUT2D eigenvalue weighted by Gasteiger charge is -2.07. The first-order chi connectivity index (χ1) is 8.74. The third-order valence-corrected chi connectivity index (χ3v) is 3.43. The summed E-state index contributed by atoms with van der Waals surface area (Å²) in [6.07, 6.45) is 6.78. The van der Waals surface area contributed by atoms with Crippen molar-refractivity contribution in [2.24, 2.45) is 5.92 Å². The third kappa shape index (κ3) is 4.29. The molecule has 0 aromatic carbocycles. The van der Waals surface area contributed by atoms with Crippen LogP contribution in [0.5, 0.6) is 0 Å². The molecule has 0 radical (unpaired) electrons. The average Bonchev–Trinajstić information content (AvgIpc) is 2.97. The topological polar surface area (TPSA) is 63.0 Å². The Morgan fingerprint density at radius 1 is 1.28 bits per heavy atom. The second-order valence-corrected chi connectivity index (χ2v) is 5.40. The van der Waals surface area contributed by atoms with Gasteiger partial charge in [0.25, 0.3) is 0 Å². The van der Waals surface area contributed by atoms with E-state index in [9.17, 15) is 0 Å². The monoisotopic (exact) mass is 252 g/mol. The predicted molar refractivity (Wildman–Crippen MR) is 71.3 cm³/mol. The maximum absolute atomic E-state index is 5.50. The molecule has 18 heavy (non-hydrogen) atoms. The molecule has 5 heteroatoms. The molecule has 1 fully saturated rings. The van der Waals surface area contributed by atoms with Crippen molar-refractivity contribution in [1.82, 2.24) is 15.5 Å². The number of hydrogen-bond donors (Lipinski definition) is 2. The van der Waals surface area contributed by atoms with Crippen molar-refractivity contribution in [3.8, 4) is 0 Å². The lowest BCUT2D eigenvalue weighted by Crippen LogP contribution is -2.21. The minimum absolute atomic E-state index is 0.427. The highest BCUT2D eigenvalue weighted by Gasteiger charge is 2.14. The number of hydrogen-bond acceptors (Lipinski definition) is 5. The van der Waals surface area contributed by atoms with Crippen molar-refractivity contribution >= 4 is 6.01 Å². The van der Waals surface area contributed by atoms with Crippen LogP contribution in [-0.4, -0.2) is 22.8 Å². The molecule has 1 heterocycles. The van der Waals surface area contributed by atoms with Gasteiger partial charge in [0.15, 0.2) is 0 Å². The largest absolute Gasteiger partial charge is 0.407 e. The molecule has 0 aliphatic heterocycles. The Labute approximate surface area is 109 Å². The molecule has 0 unspecified atom stereocenters. The molecule has 0 atom stereocenters. The maximum atomic E-state index is 5.50. The van der Waals surface area contributed by atoms with Gasteiger partial charge in [-0.15, -0.1) is 5.10 Å². The fraction of sp³-hybridized carbons (Fsp3) is 0.846. The van der Waals surface area contributed by atoms with E-state index in [0.717, 1.165) is 12.5 Å². The number of aromatic nitrogens is 2. The summed E-state index contributed by atoms with van der Waals surface area (Å²) in [5, 5.41) is 14.5. The fourth-order valence-corrected chi connectivity index (χ4v) is 2.37. The maximum Gasteiger partial charge on any atom is 0.315 e. The summed E-state index contributed by atoms with van der Waals surface area (Å²) >= 11 is 0. The highest BCUT2D eigenvalue weighted by Crippen LogP contribution is 2.27. The predicted octanol–water partition coefficient (Wildman–Crippen LogP) is 2.56. The summed E-state index contributed by atoms with van der Waals surface area (Å²) in [6.45, 7) is 5.76. The van der Waals surface area contributed by atoms with Gasteiger partial charge >= 0.3 is 6.01 Å². The van der Waals surface area contributed by atoms with Crippen LogP contribution in [0, 0.1) is 5.92 Å². The van der Waals surface area contributed by atoms with Crippen molar-refractivity contribution in [2.45, 2.75) is 58.5 Å². The Kier molecular flexibility index (Phi) is 4.99. The Hall–Kier alpha value is -1.10. The molecule has 0 spiro atoms. The normalized spacial score (nSPS) is 16.6. The molecule has 1 aromatic rings. The summed E-state index contributed by atoms with van der Waals surface area (Å²) in [5.41, 5.74) is 0. The zero-order valence-corrected chi connectivity index (χ0v) is 11.4. The molecule has 1 aromatic heterocycles. The summed E-state index contributed by atoms with van der Waals surface area (Å²) < 4.78 is 5.50. The Balaban J connectivity index is 1.66. The number of nitrogens with zero attached hydrogens (tertiary/aromatic N) is 2. The first-order valence-electron chi connectivity index (χ1n) is 7.03. The second kappa shape index (κ2) is 6.73. The van der Waals surface area contributed by atoms with Crippen LogP contribution in [0.1, 0.15) is 51.8 Å². The first-order valence-corrected chi connectivity index (χ1v) is 7.03. The van der Waals surface area contributed by atoms with E-state index >= 15 is 0 Å². The highest BCUT2D eigenvalue weighted by molar-refractivity contribution is 5.16. The van der Waals surface area contributed by atoms with Crippen molar-refractivity contribution in [1.29, 1.82) is 0 Å².